The van der Waals surface area contributed by atoms with E-state index in [1.165, 1.54) is 31.6 Å². The van der Waals surface area contributed by atoms with Crippen molar-refractivity contribution >= 4 is 29.0 Å². The Hall–Kier alpha value is -2.92. The van der Waals surface area contributed by atoms with Crippen LogP contribution in [0, 0.1) is 16.7 Å². The van der Waals surface area contributed by atoms with Gasteiger partial charge in [-0.05, 0) is 29.3 Å². The van der Waals surface area contributed by atoms with Crippen molar-refractivity contribution in [2.24, 2.45) is 11.1 Å². The highest BCUT2D eigenvalue weighted by molar-refractivity contribution is 7.08. The van der Waals surface area contributed by atoms with Crippen LogP contribution in [-0.4, -0.2) is 41.8 Å². The van der Waals surface area contributed by atoms with Gasteiger partial charge in [-0.25, -0.2) is 0 Å². The Balaban J connectivity index is 2.28. The number of allylic oxidation sites excluding steroid dienone is 2. The van der Waals surface area contributed by atoms with Gasteiger partial charge >= 0.3 is 5.97 Å². The minimum atomic E-state index is -1.66. The van der Waals surface area contributed by atoms with Crippen molar-refractivity contribution in [1.29, 1.82) is 5.26 Å². The van der Waals surface area contributed by atoms with Crippen molar-refractivity contribution in [3.63, 3.8) is 0 Å². The van der Waals surface area contributed by atoms with Crippen molar-refractivity contribution in [2.75, 3.05) is 7.11 Å². The first-order valence-corrected chi connectivity index (χ1v) is 8.82. The first-order chi connectivity index (χ1) is 12.4. The molecule has 3 rings (SSSR count). The molecular weight excluding hydrogens is 354 g/mol. The number of nitrogens with zero attached hydrogens (tertiary/aromatic N) is 2. The molecule has 1 amide bonds. The number of esters is 1. The molecule has 0 aromatic carbocycles. The number of primary amides is 1. The number of carbonyl (C=O) groups excluding carboxylic acids is 3. The zero-order chi connectivity index (χ0) is 19.1. The molecule has 1 aromatic heterocycles. The van der Waals surface area contributed by atoms with Gasteiger partial charge in [-0.2, -0.15) is 16.6 Å². The lowest BCUT2D eigenvalue weighted by atomic mass is 9.69. The lowest BCUT2D eigenvalue weighted by molar-refractivity contribution is -0.150. The van der Waals surface area contributed by atoms with E-state index >= 15 is 0 Å². The molecule has 2 aliphatic rings. The number of Topliss-reactive ketones (excluding diaryl/α,β-unsaturated/α-hetero) is 1. The first kappa shape index (κ1) is 17.9. The Morgan fingerprint density at radius 3 is 2.65 bits per heavy atom. The summed E-state index contributed by atoms with van der Waals surface area (Å²) in [5, 5.41) is 13.6. The maximum absolute atomic E-state index is 12.8. The van der Waals surface area contributed by atoms with Crippen LogP contribution in [0.2, 0.25) is 0 Å². The third-order valence-electron chi connectivity index (χ3n) is 4.97. The Kier molecular flexibility index (Phi) is 4.42. The molecule has 0 spiro atoms. The Bertz CT molecular complexity index is 867. The topological polar surface area (TPSA) is 113 Å². The monoisotopic (exact) mass is 371 g/mol. The molecule has 7 nitrogen and oxygen atoms in total. The Morgan fingerprint density at radius 1 is 1.42 bits per heavy atom. The zero-order valence-electron chi connectivity index (χ0n) is 14.2. The maximum atomic E-state index is 12.8. The summed E-state index contributed by atoms with van der Waals surface area (Å²) in [5.41, 5.74) is 5.03. The van der Waals surface area contributed by atoms with Crippen molar-refractivity contribution in [3.8, 4) is 6.07 Å². The molecule has 0 radical (unpaired) electrons. The van der Waals surface area contributed by atoms with Crippen LogP contribution in [0.3, 0.4) is 0 Å². The number of hydrogen-bond acceptors (Lipinski definition) is 7. The quantitative estimate of drug-likeness (QED) is 0.793. The molecule has 0 unspecified atom stereocenters. The fraction of sp³-hybridized carbons (Fsp3) is 0.333. The van der Waals surface area contributed by atoms with Crippen LogP contribution in [0.1, 0.15) is 18.4 Å². The van der Waals surface area contributed by atoms with Gasteiger partial charge in [0.15, 0.2) is 11.2 Å². The van der Waals surface area contributed by atoms with Crippen molar-refractivity contribution in [1.82, 2.24) is 4.90 Å². The van der Waals surface area contributed by atoms with Crippen LogP contribution >= 0.6 is 11.3 Å². The Morgan fingerprint density at radius 2 is 2.15 bits per heavy atom. The van der Waals surface area contributed by atoms with Crippen LogP contribution in [-0.2, 0) is 19.1 Å². The summed E-state index contributed by atoms with van der Waals surface area (Å²) in [6, 6.07) is 2.13. The average Bonchev–Trinajstić information content (AvgIpc) is 3.24. The summed E-state index contributed by atoms with van der Waals surface area (Å²) < 4.78 is 4.95. The van der Waals surface area contributed by atoms with E-state index in [-0.39, 0.29) is 5.78 Å². The number of nitrogens with two attached hydrogens (primary N) is 1. The maximum Gasteiger partial charge on any atom is 0.329 e. The zero-order valence-corrected chi connectivity index (χ0v) is 15.0. The van der Waals surface area contributed by atoms with Crippen molar-refractivity contribution < 1.29 is 19.1 Å². The molecule has 1 fully saturated rings. The van der Waals surface area contributed by atoms with Gasteiger partial charge in [-0.1, -0.05) is 12.2 Å². The molecule has 2 N–H and O–H groups in total. The van der Waals surface area contributed by atoms with Gasteiger partial charge in [0, 0.05) is 17.7 Å². The highest BCUT2D eigenvalue weighted by Crippen LogP contribution is 2.53. The predicted molar refractivity (Wildman–Crippen MR) is 93.6 cm³/mol. The third-order valence-corrected chi connectivity index (χ3v) is 5.67. The number of fused-ring (bicyclic) bond motifs is 1. The normalized spacial score (nSPS) is 29.5. The molecule has 4 atom stereocenters. The van der Waals surface area contributed by atoms with Gasteiger partial charge in [0.25, 0.3) is 0 Å². The fourth-order valence-corrected chi connectivity index (χ4v) is 4.53. The first-order valence-electron chi connectivity index (χ1n) is 7.88. The summed E-state index contributed by atoms with van der Waals surface area (Å²) in [6.07, 6.45) is 4.66. The number of methoxy groups -OCH3 is 1. The average molecular weight is 371 g/mol. The van der Waals surface area contributed by atoms with Crippen molar-refractivity contribution in [2.45, 2.75) is 24.9 Å². The summed E-state index contributed by atoms with van der Waals surface area (Å²) in [5.74, 6) is -2.43. The van der Waals surface area contributed by atoms with Gasteiger partial charge in [-0.3, -0.25) is 14.4 Å². The van der Waals surface area contributed by atoms with Gasteiger partial charge in [0.05, 0.1) is 19.2 Å². The lowest BCUT2D eigenvalue weighted by Gasteiger charge is -2.32. The fourth-order valence-electron chi connectivity index (χ4n) is 3.84. The van der Waals surface area contributed by atoms with E-state index in [0.29, 0.717) is 11.1 Å². The molecule has 0 bridgehead atoms. The number of hydrogen-bond donors (Lipinski definition) is 1. The smallest absolute Gasteiger partial charge is 0.329 e. The van der Waals surface area contributed by atoms with Gasteiger partial charge < -0.3 is 15.4 Å². The summed E-state index contributed by atoms with van der Waals surface area (Å²) in [6.45, 7) is 1.40. The number of nitriles is 1. The van der Waals surface area contributed by atoms with Gasteiger partial charge in [0.2, 0.25) is 5.91 Å². The SMILES string of the molecule is COC(=O)[C@@]1(C#N)[C@H](c2ccsc2)[C@H](C(N)=O)N2C=C(C(C)=O)C=C[C@@H]21. The predicted octanol–water partition coefficient (Wildman–Crippen LogP) is 1.10. The molecular formula is C18H17N3O4S. The van der Waals surface area contributed by atoms with Crippen LogP contribution in [0.5, 0.6) is 0 Å². The van der Waals surface area contributed by atoms with E-state index in [4.69, 9.17) is 10.5 Å². The minimum Gasteiger partial charge on any atom is -0.468 e. The number of ketones is 1. The summed E-state index contributed by atoms with van der Waals surface area (Å²) >= 11 is 1.39. The van der Waals surface area contributed by atoms with E-state index in [0.717, 1.165) is 0 Å². The molecule has 3 heterocycles. The van der Waals surface area contributed by atoms with E-state index in [1.54, 1.807) is 33.9 Å². The van der Waals surface area contributed by atoms with Gasteiger partial charge in [-0.15, -0.1) is 0 Å². The highest BCUT2D eigenvalue weighted by Gasteiger charge is 2.66. The number of rotatable bonds is 4. The van der Waals surface area contributed by atoms with Crippen LogP contribution in [0.25, 0.3) is 0 Å². The molecule has 0 saturated carbocycles. The summed E-state index contributed by atoms with van der Waals surface area (Å²) in [7, 11) is 1.21. The van der Waals surface area contributed by atoms with E-state index in [2.05, 4.69) is 6.07 Å². The number of thiophene rings is 1. The van der Waals surface area contributed by atoms with E-state index in [1.807, 2.05) is 0 Å². The number of ether oxygens (including phenoxy) is 1. The minimum absolute atomic E-state index is 0.192. The second-order valence-corrected chi connectivity index (χ2v) is 7.03. The third kappa shape index (κ3) is 2.35. The summed E-state index contributed by atoms with van der Waals surface area (Å²) in [4.78, 5) is 38.4. The highest BCUT2D eigenvalue weighted by atomic mass is 32.1. The lowest BCUT2D eigenvalue weighted by Crippen LogP contribution is -2.45. The molecule has 26 heavy (non-hydrogen) atoms. The number of carbonyl (C=O) groups is 3. The second kappa shape index (κ2) is 6.42. The van der Waals surface area contributed by atoms with E-state index in [9.17, 15) is 19.6 Å². The Labute approximate surface area is 154 Å². The second-order valence-electron chi connectivity index (χ2n) is 6.25. The largest absolute Gasteiger partial charge is 0.468 e. The molecule has 1 aromatic rings. The van der Waals surface area contributed by atoms with Crippen LogP contribution in [0.4, 0.5) is 0 Å². The van der Waals surface area contributed by atoms with E-state index < -0.39 is 35.3 Å². The van der Waals surface area contributed by atoms with Gasteiger partial charge in [0.1, 0.15) is 6.04 Å². The molecule has 134 valence electrons. The van der Waals surface area contributed by atoms with Crippen molar-refractivity contribution in [3.05, 3.63) is 46.3 Å². The number of amides is 1. The molecule has 8 heteroatoms. The van der Waals surface area contributed by atoms with Crippen LogP contribution in [0.15, 0.2) is 40.8 Å². The molecule has 0 aliphatic carbocycles. The van der Waals surface area contributed by atoms with Crippen LogP contribution < -0.4 is 5.73 Å². The molecule has 1 saturated heterocycles. The molecule has 2 aliphatic heterocycles. The standard InChI is InChI=1S/C18H17N3O4S/c1-10(22)11-3-4-13-18(9-19,17(24)25-2)14(12-5-6-26-8-12)15(16(20)23)21(13)7-11/h3-8,13-15H,1-2H3,(H2,20,23)/t13-,14-,15-,18-/m1/s1.